The summed E-state index contributed by atoms with van der Waals surface area (Å²) in [5.41, 5.74) is 6.72. The first-order valence-electron chi connectivity index (χ1n) is 12.2. The van der Waals surface area contributed by atoms with E-state index in [1.165, 1.54) is 11.1 Å². The summed E-state index contributed by atoms with van der Waals surface area (Å²) in [6, 6.07) is 17.6. The highest BCUT2D eigenvalue weighted by molar-refractivity contribution is 7.58. The van der Waals surface area contributed by atoms with E-state index in [0.29, 0.717) is 29.3 Å². The van der Waals surface area contributed by atoms with Crippen molar-refractivity contribution < 1.29 is 18.9 Å². The predicted octanol–water partition coefficient (Wildman–Crippen LogP) is 8.20. The van der Waals surface area contributed by atoms with Gasteiger partial charge in [-0.05, 0) is 102 Å². The molecule has 0 spiro atoms. The number of aromatic hydroxyl groups is 1. The van der Waals surface area contributed by atoms with Crippen molar-refractivity contribution in [2.24, 2.45) is 0 Å². The van der Waals surface area contributed by atoms with Crippen LogP contribution >= 0.6 is 19.0 Å². The standard InChI is InChI=1S/C29H34ClO4P/c1-19(2)27-14-22(8-9-29(27)31)15-28-20(3)12-26(13-21(28)4)33-18-35(32)17-24(10-11-34-35)23-6-5-7-25(30)16-23/h5-9,12-14,16,19,24,31H,10-11,15,17-18H2,1-4H3/t24-,35?/m1/s1. The maximum absolute atomic E-state index is 13.5. The van der Waals surface area contributed by atoms with Gasteiger partial charge >= 0.3 is 0 Å². The van der Waals surface area contributed by atoms with Gasteiger partial charge < -0.3 is 14.4 Å². The van der Waals surface area contributed by atoms with Crippen molar-refractivity contribution in [2.45, 2.75) is 52.4 Å². The molecule has 1 N–H and O–H groups in total. The van der Waals surface area contributed by atoms with Crippen LogP contribution in [0.25, 0.3) is 0 Å². The summed E-state index contributed by atoms with van der Waals surface area (Å²) in [7, 11) is -2.92. The van der Waals surface area contributed by atoms with Gasteiger partial charge in [-0.1, -0.05) is 49.7 Å². The third-order valence-corrected chi connectivity index (χ3v) is 9.21. The summed E-state index contributed by atoms with van der Waals surface area (Å²) in [6.45, 7) is 8.78. The number of ether oxygens (including phenoxy) is 1. The normalized spacial score (nSPS) is 20.2. The highest BCUT2D eigenvalue weighted by atomic mass is 35.5. The van der Waals surface area contributed by atoms with Gasteiger partial charge in [0.1, 0.15) is 11.5 Å². The quantitative estimate of drug-likeness (QED) is 0.324. The van der Waals surface area contributed by atoms with Crippen molar-refractivity contribution in [1.29, 1.82) is 0 Å². The molecule has 1 aliphatic rings. The Hall–Kier alpha value is -2.26. The van der Waals surface area contributed by atoms with Crippen molar-refractivity contribution in [3.05, 3.63) is 93.0 Å². The number of aryl methyl sites for hydroxylation is 2. The number of benzene rings is 3. The number of phenolic OH excluding ortho intramolecular Hbond substituents is 1. The van der Waals surface area contributed by atoms with Crippen LogP contribution in [-0.4, -0.2) is 24.2 Å². The summed E-state index contributed by atoms with van der Waals surface area (Å²) in [6.07, 6.45) is 2.13. The van der Waals surface area contributed by atoms with Crippen LogP contribution in [0.1, 0.15) is 65.5 Å². The number of phenols is 1. The summed E-state index contributed by atoms with van der Waals surface area (Å²) >= 11 is 6.16. The second kappa shape index (κ2) is 10.8. The van der Waals surface area contributed by atoms with Crippen molar-refractivity contribution in [3.8, 4) is 11.5 Å². The zero-order valence-corrected chi connectivity index (χ0v) is 22.5. The third-order valence-electron chi connectivity index (χ3n) is 6.80. The van der Waals surface area contributed by atoms with Crippen LogP contribution < -0.4 is 4.74 Å². The molecule has 0 amide bonds. The van der Waals surface area contributed by atoms with Gasteiger partial charge in [-0.3, -0.25) is 4.57 Å². The molecule has 0 aromatic heterocycles. The summed E-state index contributed by atoms with van der Waals surface area (Å²) in [5, 5.41) is 10.8. The molecule has 0 aliphatic carbocycles. The average Bonchev–Trinajstić information content (AvgIpc) is 2.81. The number of rotatable bonds is 7. The maximum atomic E-state index is 13.5. The highest BCUT2D eigenvalue weighted by Gasteiger charge is 2.34. The average molecular weight is 513 g/mol. The Morgan fingerprint density at radius 2 is 1.86 bits per heavy atom. The third kappa shape index (κ3) is 6.30. The molecule has 1 fully saturated rings. The molecule has 3 aromatic rings. The highest BCUT2D eigenvalue weighted by Crippen LogP contribution is 2.54. The molecular formula is C29H34ClO4P. The molecule has 1 unspecified atom stereocenters. The zero-order chi connectivity index (χ0) is 25.2. The lowest BCUT2D eigenvalue weighted by molar-refractivity contribution is 0.250. The van der Waals surface area contributed by atoms with Gasteiger partial charge in [0.15, 0.2) is 6.35 Å². The molecule has 2 atom stereocenters. The van der Waals surface area contributed by atoms with Crippen LogP contribution in [0.15, 0.2) is 54.6 Å². The van der Waals surface area contributed by atoms with E-state index in [9.17, 15) is 9.67 Å². The zero-order valence-electron chi connectivity index (χ0n) is 20.9. The van der Waals surface area contributed by atoms with E-state index in [1.54, 1.807) is 6.07 Å². The fraction of sp³-hybridized carbons (Fsp3) is 0.379. The van der Waals surface area contributed by atoms with E-state index >= 15 is 0 Å². The molecule has 3 aromatic carbocycles. The molecule has 0 saturated carbocycles. The van der Waals surface area contributed by atoms with E-state index in [2.05, 4.69) is 33.8 Å². The first kappa shape index (κ1) is 25.8. The summed E-state index contributed by atoms with van der Waals surface area (Å²) in [5.74, 6) is 1.47. The second-order valence-corrected chi connectivity index (χ2v) is 12.9. The first-order chi connectivity index (χ1) is 16.6. The minimum Gasteiger partial charge on any atom is -0.508 e. The van der Waals surface area contributed by atoms with Gasteiger partial charge in [0.2, 0.25) is 7.37 Å². The number of hydrogen-bond acceptors (Lipinski definition) is 4. The fourth-order valence-electron chi connectivity index (χ4n) is 4.83. The van der Waals surface area contributed by atoms with Crippen molar-refractivity contribution in [1.82, 2.24) is 0 Å². The Balaban J connectivity index is 1.45. The summed E-state index contributed by atoms with van der Waals surface area (Å²) < 4.78 is 25.3. The lowest BCUT2D eigenvalue weighted by atomic mass is 9.93. The smallest absolute Gasteiger partial charge is 0.239 e. The van der Waals surface area contributed by atoms with E-state index < -0.39 is 7.37 Å². The van der Waals surface area contributed by atoms with Gasteiger partial charge in [0.05, 0.1) is 6.61 Å². The van der Waals surface area contributed by atoms with Crippen LogP contribution in [0.3, 0.4) is 0 Å². The Morgan fingerprint density at radius 3 is 2.54 bits per heavy atom. The van der Waals surface area contributed by atoms with Gasteiger partial charge in [-0.2, -0.15) is 0 Å². The Labute approximate surface area is 213 Å². The van der Waals surface area contributed by atoms with Crippen LogP contribution in [0, 0.1) is 13.8 Å². The van der Waals surface area contributed by atoms with Crippen LogP contribution in [-0.2, 0) is 15.5 Å². The van der Waals surface area contributed by atoms with E-state index in [0.717, 1.165) is 35.1 Å². The molecule has 4 nitrogen and oxygen atoms in total. The van der Waals surface area contributed by atoms with Gasteiger partial charge in [-0.25, -0.2) is 0 Å². The monoisotopic (exact) mass is 512 g/mol. The van der Waals surface area contributed by atoms with E-state index in [4.69, 9.17) is 20.9 Å². The molecule has 1 heterocycles. The van der Waals surface area contributed by atoms with Gasteiger partial charge in [0, 0.05) is 11.2 Å². The lowest BCUT2D eigenvalue weighted by Gasteiger charge is -2.30. The maximum Gasteiger partial charge on any atom is 0.239 e. The number of halogens is 1. The lowest BCUT2D eigenvalue weighted by Crippen LogP contribution is -2.19. The Morgan fingerprint density at radius 1 is 1.11 bits per heavy atom. The van der Waals surface area contributed by atoms with Crippen LogP contribution in [0.5, 0.6) is 11.5 Å². The summed E-state index contributed by atoms with van der Waals surface area (Å²) in [4.78, 5) is 0. The second-order valence-electron chi connectivity index (χ2n) is 9.90. The van der Waals surface area contributed by atoms with E-state index in [-0.39, 0.29) is 18.2 Å². The minimum absolute atomic E-state index is 0.0675. The molecule has 186 valence electrons. The van der Waals surface area contributed by atoms with Crippen molar-refractivity contribution in [2.75, 3.05) is 19.1 Å². The van der Waals surface area contributed by atoms with Gasteiger partial charge in [-0.15, -0.1) is 0 Å². The van der Waals surface area contributed by atoms with Crippen molar-refractivity contribution in [3.63, 3.8) is 0 Å². The molecular weight excluding hydrogens is 479 g/mol. The molecule has 0 radical (unpaired) electrons. The predicted molar refractivity (Wildman–Crippen MR) is 144 cm³/mol. The largest absolute Gasteiger partial charge is 0.508 e. The fourth-order valence-corrected chi connectivity index (χ4v) is 7.17. The SMILES string of the molecule is Cc1cc(OCP2(=O)C[C@H](c3cccc(Cl)c3)CCO2)cc(C)c1Cc1ccc(O)c(C(C)C)c1. The van der Waals surface area contributed by atoms with Gasteiger partial charge in [0.25, 0.3) is 0 Å². The van der Waals surface area contributed by atoms with Crippen molar-refractivity contribution >= 4 is 19.0 Å². The molecule has 1 saturated heterocycles. The number of hydrogen-bond donors (Lipinski definition) is 1. The molecule has 0 bridgehead atoms. The first-order valence-corrected chi connectivity index (χ1v) is 14.5. The Bertz CT molecular complexity index is 1230. The van der Waals surface area contributed by atoms with E-state index in [1.807, 2.05) is 42.5 Å². The topological polar surface area (TPSA) is 55.8 Å². The molecule has 4 rings (SSSR count). The minimum atomic E-state index is -2.92. The molecule has 1 aliphatic heterocycles. The Kier molecular flexibility index (Phi) is 7.96. The molecule has 35 heavy (non-hydrogen) atoms. The molecule has 6 heteroatoms. The van der Waals surface area contributed by atoms with Crippen LogP contribution in [0.2, 0.25) is 5.02 Å². The van der Waals surface area contributed by atoms with Crippen LogP contribution in [0.4, 0.5) is 0 Å².